The molecular formula is C13H12BrClN2O. The molecule has 1 aromatic heterocycles. The van der Waals surface area contributed by atoms with Gasteiger partial charge in [0.05, 0.1) is 16.6 Å². The highest BCUT2D eigenvalue weighted by Crippen LogP contribution is 2.31. The fourth-order valence-corrected chi connectivity index (χ4v) is 2.03. The Bertz CT molecular complexity index is 575. The van der Waals surface area contributed by atoms with Gasteiger partial charge in [-0.1, -0.05) is 11.6 Å². The average molecular weight is 328 g/mol. The zero-order valence-corrected chi connectivity index (χ0v) is 12.3. The number of pyridine rings is 1. The summed E-state index contributed by atoms with van der Waals surface area (Å²) in [6, 6.07) is 7.43. The van der Waals surface area contributed by atoms with Crippen LogP contribution in [0.3, 0.4) is 0 Å². The number of nitrogens with zero attached hydrogens (tertiary/aromatic N) is 1. The monoisotopic (exact) mass is 326 g/mol. The van der Waals surface area contributed by atoms with Crippen LogP contribution >= 0.6 is 27.5 Å². The van der Waals surface area contributed by atoms with Crippen molar-refractivity contribution in [2.45, 2.75) is 6.92 Å². The minimum absolute atomic E-state index is 0.583. The predicted octanol–water partition coefficient (Wildman–Crippen LogP) is 4.56. The van der Waals surface area contributed by atoms with Gasteiger partial charge in [-0.3, -0.25) is 0 Å². The van der Waals surface area contributed by atoms with Crippen LogP contribution in [0.2, 0.25) is 5.02 Å². The second-order valence-electron chi connectivity index (χ2n) is 3.76. The van der Waals surface area contributed by atoms with Gasteiger partial charge in [0.15, 0.2) is 0 Å². The molecule has 0 aliphatic heterocycles. The van der Waals surface area contributed by atoms with Crippen molar-refractivity contribution in [3.63, 3.8) is 0 Å². The smallest absolute Gasteiger partial charge is 0.144 e. The number of halogens is 2. The fraction of sp³-hybridized carbons (Fsp3) is 0.154. The first kappa shape index (κ1) is 13.2. The highest BCUT2D eigenvalue weighted by atomic mass is 79.9. The molecular weight excluding hydrogens is 316 g/mol. The maximum Gasteiger partial charge on any atom is 0.144 e. The predicted molar refractivity (Wildman–Crippen MR) is 78.0 cm³/mol. The quantitative estimate of drug-likeness (QED) is 0.897. The van der Waals surface area contributed by atoms with E-state index in [1.165, 1.54) is 0 Å². The van der Waals surface area contributed by atoms with Gasteiger partial charge in [0.25, 0.3) is 0 Å². The van der Waals surface area contributed by atoms with E-state index in [0.29, 0.717) is 10.8 Å². The third kappa shape index (κ3) is 2.76. The third-order valence-electron chi connectivity index (χ3n) is 2.50. The minimum atomic E-state index is 0.583. The lowest BCUT2D eigenvalue weighted by Crippen LogP contribution is -1.96. The van der Waals surface area contributed by atoms with Crippen LogP contribution in [0.25, 0.3) is 0 Å². The molecule has 3 nitrogen and oxygen atoms in total. The van der Waals surface area contributed by atoms with Crippen molar-refractivity contribution >= 4 is 39.0 Å². The molecule has 0 spiro atoms. The average Bonchev–Trinajstić information content (AvgIpc) is 2.37. The molecule has 1 heterocycles. The van der Waals surface area contributed by atoms with E-state index < -0.39 is 0 Å². The molecule has 0 aliphatic carbocycles. The van der Waals surface area contributed by atoms with Crippen LogP contribution < -0.4 is 10.1 Å². The van der Waals surface area contributed by atoms with E-state index in [4.69, 9.17) is 16.3 Å². The molecule has 0 aliphatic rings. The number of aromatic nitrogens is 1. The van der Waals surface area contributed by atoms with Gasteiger partial charge in [-0.15, -0.1) is 0 Å². The SMILES string of the molecule is COc1cc(Nc2nccc(C)c2Br)ccc1Cl. The van der Waals surface area contributed by atoms with Gasteiger partial charge in [-0.05, 0) is 46.6 Å². The second-order valence-corrected chi connectivity index (χ2v) is 4.96. The Kier molecular flexibility index (Phi) is 4.09. The molecule has 2 rings (SSSR count). The van der Waals surface area contributed by atoms with Crippen LogP contribution in [0.1, 0.15) is 5.56 Å². The van der Waals surface area contributed by atoms with E-state index in [-0.39, 0.29) is 0 Å². The standard InChI is InChI=1S/C13H12BrClN2O/c1-8-5-6-16-13(12(8)14)17-9-3-4-10(15)11(7-9)18-2/h3-7H,1-2H3,(H,16,17). The van der Waals surface area contributed by atoms with E-state index in [1.807, 2.05) is 25.1 Å². The highest BCUT2D eigenvalue weighted by Gasteiger charge is 2.06. The fourth-order valence-electron chi connectivity index (χ4n) is 1.50. The second kappa shape index (κ2) is 5.59. The van der Waals surface area contributed by atoms with Crippen molar-refractivity contribution in [1.29, 1.82) is 0 Å². The summed E-state index contributed by atoms with van der Waals surface area (Å²) in [5.74, 6) is 1.39. The van der Waals surface area contributed by atoms with Crippen LogP contribution in [0.4, 0.5) is 11.5 Å². The van der Waals surface area contributed by atoms with Gasteiger partial charge < -0.3 is 10.1 Å². The van der Waals surface area contributed by atoms with E-state index in [0.717, 1.165) is 21.5 Å². The first-order valence-corrected chi connectivity index (χ1v) is 6.50. The molecule has 0 saturated carbocycles. The molecule has 1 N–H and O–H groups in total. The molecule has 0 radical (unpaired) electrons. The summed E-state index contributed by atoms with van der Waals surface area (Å²) in [5, 5.41) is 3.80. The number of aryl methyl sites for hydroxylation is 1. The Labute approximate surface area is 119 Å². The molecule has 18 heavy (non-hydrogen) atoms. The zero-order valence-electron chi connectivity index (χ0n) is 10.00. The summed E-state index contributed by atoms with van der Waals surface area (Å²) in [6.07, 6.45) is 1.76. The number of hydrogen-bond donors (Lipinski definition) is 1. The zero-order chi connectivity index (χ0) is 13.1. The lowest BCUT2D eigenvalue weighted by atomic mass is 10.2. The van der Waals surface area contributed by atoms with E-state index in [9.17, 15) is 0 Å². The van der Waals surface area contributed by atoms with Gasteiger partial charge >= 0.3 is 0 Å². The maximum atomic E-state index is 5.98. The first-order valence-electron chi connectivity index (χ1n) is 5.33. The van der Waals surface area contributed by atoms with Crippen LogP contribution in [0.15, 0.2) is 34.9 Å². The van der Waals surface area contributed by atoms with Crippen molar-refractivity contribution in [2.24, 2.45) is 0 Å². The molecule has 1 aromatic carbocycles. The molecule has 0 unspecified atom stereocenters. The number of anilines is 2. The first-order chi connectivity index (χ1) is 8.61. The molecule has 2 aromatic rings. The van der Waals surface area contributed by atoms with Crippen molar-refractivity contribution in [1.82, 2.24) is 4.98 Å². The van der Waals surface area contributed by atoms with Crippen LogP contribution in [-0.2, 0) is 0 Å². The molecule has 0 saturated heterocycles. The van der Waals surface area contributed by atoms with Crippen LogP contribution in [0.5, 0.6) is 5.75 Å². The van der Waals surface area contributed by atoms with E-state index >= 15 is 0 Å². The van der Waals surface area contributed by atoms with Crippen LogP contribution in [-0.4, -0.2) is 12.1 Å². The number of nitrogens with one attached hydrogen (secondary N) is 1. The topological polar surface area (TPSA) is 34.1 Å². The molecule has 0 fully saturated rings. The summed E-state index contributed by atoms with van der Waals surface area (Å²) in [5.41, 5.74) is 1.99. The van der Waals surface area contributed by atoms with E-state index in [1.54, 1.807) is 19.4 Å². The van der Waals surface area contributed by atoms with Gasteiger partial charge in [0.2, 0.25) is 0 Å². The number of ether oxygens (including phenoxy) is 1. The third-order valence-corrected chi connectivity index (χ3v) is 3.81. The lowest BCUT2D eigenvalue weighted by molar-refractivity contribution is 0.415. The Morgan fingerprint density at radius 2 is 2.11 bits per heavy atom. The Morgan fingerprint density at radius 3 is 2.83 bits per heavy atom. The Balaban J connectivity index is 2.31. The number of benzene rings is 1. The van der Waals surface area contributed by atoms with Gasteiger partial charge in [0, 0.05) is 18.0 Å². The molecule has 5 heteroatoms. The lowest BCUT2D eigenvalue weighted by Gasteiger charge is -2.11. The number of hydrogen-bond acceptors (Lipinski definition) is 3. The highest BCUT2D eigenvalue weighted by molar-refractivity contribution is 9.10. The minimum Gasteiger partial charge on any atom is -0.495 e. The largest absolute Gasteiger partial charge is 0.495 e. The molecule has 94 valence electrons. The summed E-state index contributed by atoms with van der Waals surface area (Å²) in [7, 11) is 1.59. The van der Waals surface area contributed by atoms with Crippen molar-refractivity contribution in [2.75, 3.05) is 12.4 Å². The van der Waals surface area contributed by atoms with Crippen molar-refractivity contribution in [3.05, 3.63) is 45.5 Å². The molecule has 0 atom stereocenters. The number of methoxy groups -OCH3 is 1. The summed E-state index contributed by atoms with van der Waals surface area (Å²) in [4.78, 5) is 4.28. The summed E-state index contributed by atoms with van der Waals surface area (Å²) >= 11 is 9.48. The Hall–Kier alpha value is -1.26. The van der Waals surface area contributed by atoms with Crippen LogP contribution in [0, 0.1) is 6.92 Å². The number of rotatable bonds is 3. The Morgan fingerprint density at radius 1 is 1.33 bits per heavy atom. The van der Waals surface area contributed by atoms with Gasteiger partial charge in [-0.25, -0.2) is 4.98 Å². The van der Waals surface area contributed by atoms with Crippen molar-refractivity contribution in [3.8, 4) is 5.75 Å². The molecule has 0 bridgehead atoms. The molecule has 0 amide bonds. The summed E-state index contributed by atoms with van der Waals surface area (Å²) in [6.45, 7) is 2.01. The van der Waals surface area contributed by atoms with Gasteiger partial charge in [0.1, 0.15) is 11.6 Å². The van der Waals surface area contributed by atoms with Crippen molar-refractivity contribution < 1.29 is 4.74 Å². The van der Waals surface area contributed by atoms with E-state index in [2.05, 4.69) is 26.2 Å². The summed E-state index contributed by atoms with van der Waals surface area (Å²) < 4.78 is 6.12. The normalized spacial score (nSPS) is 10.2. The van der Waals surface area contributed by atoms with Gasteiger partial charge in [-0.2, -0.15) is 0 Å². The maximum absolute atomic E-state index is 5.98.